The molecule has 18 heavy (non-hydrogen) atoms. The second-order valence-electron chi connectivity index (χ2n) is 4.37. The minimum atomic E-state index is -0.559. The number of aliphatic hydroxyl groups excluding tert-OH is 1. The number of ether oxygens (including phenoxy) is 1. The molecule has 0 amide bonds. The molecule has 4 heteroatoms. The van der Waals surface area contributed by atoms with Crippen LogP contribution in [-0.4, -0.2) is 30.9 Å². The molecule has 0 aliphatic rings. The molecule has 1 rings (SSSR count). The molecule has 0 spiro atoms. The summed E-state index contributed by atoms with van der Waals surface area (Å²) in [5.41, 5.74) is 1.41. The topological polar surface area (TPSA) is 65.3 Å². The molecule has 0 radical (unpaired) electrons. The first-order valence-corrected chi connectivity index (χ1v) is 6.14. The van der Waals surface area contributed by atoms with Gasteiger partial charge in [0, 0.05) is 13.1 Å². The van der Waals surface area contributed by atoms with E-state index in [0.29, 0.717) is 25.3 Å². The predicted molar refractivity (Wildman–Crippen MR) is 70.1 cm³/mol. The second kappa shape index (κ2) is 7.83. The zero-order valence-electron chi connectivity index (χ0n) is 10.9. The normalized spacial score (nSPS) is 12.4. The van der Waals surface area contributed by atoms with Crippen LogP contribution in [0.15, 0.2) is 24.3 Å². The summed E-state index contributed by atoms with van der Waals surface area (Å²) in [5, 5.41) is 21.7. The van der Waals surface area contributed by atoms with Crippen molar-refractivity contribution in [1.82, 2.24) is 5.32 Å². The van der Waals surface area contributed by atoms with Crippen molar-refractivity contribution in [2.75, 3.05) is 19.7 Å². The Morgan fingerprint density at radius 2 is 2.00 bits per heavy atom. The van der Waals surface area contributed by atoms with Gasteiger partial charge < -0.3 is 15.2 Å². The van der Waals surface area contributed by atoms with Crippen molar-refractivity contribution >= 4 is 0 Å². The summed E-state index contributed by atoms with van der Waals surface area (Å²) in [6.07, 6.45) is -0.327. The first kappa shape index (κ1) is 14.7. The van der Waals surface area contributed by atoms with E-state index in [1.165, 1.54) is 0 Å². The van der Waals surface area contributed by atoms with Crippen molar-refractivity contribution < 1.29 is 9.84 Å². The lowest BCUT2D eigenvalue weighted by Gasteiger charge is -2.13. The molecule has 0 heterocycles. The van der Waals surface area contributed by atoms with Crippen molar-refractivity contribution in [3.8, 4) is 6.07 Å². The molecule has 1 unspecified atom stereocenters. The number of hydrogen-bond donors (Lipinski definition) is 2. The maximum Gasteiger partial charge on any atom is 0.0991 e. The Hall–Kier alpha value is -1.41. The molecule has 0 aromatic heterocycles. The first-order chi connectivity index (χ1) is 8.63. The molecule has 1 aromatic rings. The zero-order chi connectivity index (χ0) is 13.4. The molecule has 98 valence electrons. The smallest absolute Gasteiger partial charge is 0.0991 e. The molecule has 0 saturated carbocycles. The summed E-state index contributed by atoms with van der Waals surface area (Å²) < 4.78 is 5.38. The summed E-state index contributed by atoms with van der Waals surface area (Å²) >= 11 is 0. The van der Waals surface area contributed by atoms with Gasteiger partial charge >= 0.3 is 0 Å². The van der Waals surface area contributed by atoms with E-state index in [2.05, 4.69) is 5.32 Å². The standard InChI is InChI=1S/C14H20N2O2/c1-11(2)18-8-7-16-10-14(17)13-5-3-12(9-15)4-6-13/h3-6,11,14,16-17H,7-8,10H2,1-2H3. The van der Waals surface area contributed by atoms with Gasteiger partial charge in [-0.1, -0.05) is 12.1 Å². The van der Waals surface area contributed by atoms with E-state index in [0.717, 1.165) is 5.56 Å². The summed E-state index contributed by atoms with van der Waals surface area (Å²) in [6, 6.07) is 9.01. The Kier molecular flexibility index (Phi) is 6.37. The summed E-state index contributed by atoms with van der Waals surface area (Å²) in [7, 11) is 0. The highest BCUT2D eigenvalue weighted by Crippen LogP contribution is 2.12. The molecule has 0 aliphatic carbocycles. The van der Waals surface area contributed by atoms with Gasteiger partial charge in [-0.05, 0) is 31.5 Å². The Labute approximate surface area is 108 Å². The van der Waals surface area contributed by atoms with Gasteiger partial charge in [-0.15, -0.1) is 0 Å². The zero-order valence-corrected chi connectivity index (χ0v) is 10.9. The van der Waals surface area contributed by atoms with E-state index in [-0.39, 0.29) is 6.10 Å². The third-order valence-corrected chi connectivity index (χ3v) is 2.49. The van der Waals surface area contributed by atoms with E-state index >= 15 is 0 Å². The molecular formula is C14H20N2O2. The van der Waals surface area contributed by atoms with Crippen molar-refractivity contribution in [2.24, 2.45) is 0 Å². The van der Waals surface area contributed by atoms with Crippen LogP contribution in [0, 0.1) is 11.3 Å². The molecule has 0 aliphatic heterocycles. The van der Waals surface area contributed by atoms with Gasteiger partial charge in [0.2, 0.25) is 0 Å². The number of nitrogens with one attached hydrogen (secondary N) is 1. The largest absolute Gasteiger partial charge is 0.387 e. The molecule has 0 bridgehead atoms. The fourth-order valence-corrected chi connectivity index (χ4v) is 1.50. The fourth-order valence-electron chi connectivity index (χ4n) is 1.50. The Morgan fingerprint density at radius 3 is 2.56 bits per heavy atom. The quantitative estimate of drug-likeness (QED) is 0.719. The average Bonchev–Trinajstić information content (AvgIpc) is 2.38. The summed E-state index contributed by atoms with van der Waals surface area (Å²) in [5.74, 6) is 0. The SMILES string of the molecule is CC(C)OCCNCC(O)c1ccc(C#N)cc1. The van der Waals surface area contributed by atoms with Gasteiger partial charge in [0.15, 0.2) is 0 Å². The molecule has 0 saturated heterocycles. The van der Waals surface area contributed by atoms with Crippen LogP contribution < -0.4 is 5.32 Å². The van der Waals surface area contributed by atoms with Gasteiger partial charge in [0.05, 0.1) is 30.4 Å². The van der Waals surface area contributed by atoms with Gasteiger partial charge in [-0.3, -0.25) is 0 Å². The minimum absolute atomic E-state index is 0.232. The van der Waals surface area contributed by atoms with E-state index in [1.807, 2.05) is 19.9 Å². The second-order valence-corrected chi connectivity index (χ2v) is 4.37. The third-order valence-electron chi connectivity index (χ3n) is 2.49. The minimum Gasteiger partial charge on any atom is -0.387 e. The summed E-state index contributed by atoms with van der Waals surface area (Å²) in [4.78, 5) is 0. The van der Waals surface area contributed by atoms with Crippen LogP contribution in [-0.2, 0) is 4.74 Å². The van der Waals surface area contributed by atoms with Gasteiger partial charge in [0.25, 0.3) is 0 Å². The highest BCUT2D eigenvalue weighted by molar-refractivity contribution is 5.32. The van der Waals surface area contributed by atoms with Gasteiger partial charge in [-0.25, -0.2) is 0 Å². The van der Waals surface area contributed by atoms with Crippen molar-refractivity contribution in [1.29, 1.82) is 5.26 Å². The monoisotopic (exact) mass is 248 g/mol. The number of aliphatic hydroxyl groups is 1. The molecular weight excluding hydrogens is 228 g/mol. The van der Waals surface area contributed by atoms with Crippen LogP contribution in [0.1, 0.15) is 31.1 Å². The number of rotatable bonds is 7. The lowest BCUT2D eigenvalue weighted by atomic mass is 10.1. The van der Waals surface area contributed by atoms with Crippen LogP contribution in [0.5, 0.6) is 0 Å². The van der Waals surface area contributed by atoms with E-state index in [9.17, 15) is 5.11 Å². The van der Waals surface area contributed by atoms with Crippen molar-refractivity contribution in [2.45, 2.75) is 26.1 Å². The molecule has 0 fully saturated rings. The van der Waals surface area contributed by atoms with Crippen LogP contribution in [0.4, 0.5) is 0 Å². The number of nitriles is 1. The fraction of sp³-hybridized carbons (Fsp3) is 0.500. The van der Waals surface area contributed by atoms with Crippen LogP contribution in [0.25, 0.3) is 0 Å². The number of benzene rings is 1. The van der Waals surface area contributed by atoms with Crippen LogP contribution in [0.3, 0.4) is 0 Å². The Bertz CT molecular complexity index is 382. The van der Waals surface area contributed by atoms with E-state index < -0.39 is 6.10 Å². The Morgan fingerprint density at radius 1 is 1.33 bits per heavy atom. The predicted octanol–water partition coefficient (Wildman–Crippen LogP) is 1.61. The molecule has 2 N–H and O–H groups in total. The van der Waals surface area contributed by atoms with Crippen LogP contribution >= 0.6 is 0 Å². The third kappa shape index (κ3) is 5.28. The Balaban J connectivity index is 2.27. The average molecular weight is 248 g/mol. The van der Waals surface area contributed by atoms with Gasteiger partial charge in [-0.2, -0.15) is 5.26 Å². The first-order valence-electron chi connectivity index (χ1n) is 6.14. The number of nitrogens with zero attached hydrogens (tertiary/aromatic N) is 1. The van der Waals surface area contributed by atoms with Gasteiger partial charge in [0.1, 0.15) is 0 Å². The maximum absolute atomic E-state index is 9.91. The van der Waals surface area contributed by atoms with E-state index in [4.69, 9.17) is 10.00 Å². The van der Waals surface area contributed by atoms with Crippen LogP contribution in [0.2, 0.25) is 0 Å². The lowest BCUT2D eigenvalue weighted by Crippen LogP contribution is -2.26. The molecule has 1 atom stereocenters. The highest BCUT2D eigenvalue weighted by Gasteiger charge is 2.06. The summed E-state index contributed by atoms with van der Waals surface area (Å²) in [6.45, 7) is 5.81. The molecule has 4 nitrogen and oxygen atoms in total. The van der Waals surface area contributed by atoms with E-state index in [1.54, 1.807) is 24.3 Å². The maximum atomic E-state index is 9.91. The van der Waals surface area contributed by atoms with Crippen molar-refractivity contribution in [3.63, 3.8) is 0 Å². The number of hydrogen-bond acceptors (Lipinski definition) is 4. The lowest BCUT2D eigenvalue weighted by molar-refractivity contribution is 0.0781. The molecule has 1 aromatic carbocycles. The highest BCUT2D eigenvalue weighted by atomic mass is 16.5. The van der Waals surface area contributed by atoms with Crippen molar-refractivity contribution in [3.05, 3.63) is 35.4 Å².